The summed E-state index contributed by atoms with van der Waals surface area (Å²) in [4.78, 5) is 19.8. The van der Waals surface area contributed by atoms with Gasteiger partial charge >= 0.3 is 0 Å². The van der Waals surface area contributed by atoms with E-state index in [4.69, 9.17) is 11.6 Å². The van der Waals surface area contributed by atoms with Gasteiger partial charge in [-0.15, -0.1) is 11.8 Å². The molecular weight excluding hydrogens is 426 g/mol. The summed E-state index contributed by atoms with van der Waals surface area (Å²) >= 11 is 7.86. The predicted octanol–water partition coefficient (Wildman–Crippen LogP) is 6.12. The predicted molar refractivity (Wildman–Crippen MR) is 120 cm³/mol. The third-order valence-electron chi connectivity index (χ3n) is 4.05. The van der Waals surface area contributed by atoms with Crippen LogP contribution in [0, 0.1) is 17.0 Å². The topological polar surface area (TPSA) is 104 Å². The molecule has 0 saturated heterocycles. The van der Waals surface area contributed by atoms with E-state index in [-0.39, 0.29) is 22.5 Å². The van der Waals surface area contributed by atoms with Gasteiger partial charge in [0.2, 0.25) is 5.95 Å². The molecule has 2 N–H and O–H groups in total. The number of aryl methyl sites for hydroxylation is 1. The summed E-state index contributed by atoms with van der Waals surface area (Å²) in [7, 11) is 0. The van der Waals surface area contributed by atoms with Crippen LogP contribution in [0.1, 0.15) is 19.4 Å². The van der Waals surface area contributed by atoms with E-state index in [9.17, 15) is 15.3 Å². The molecule has 0 spiro atoms. The quantitative estimate of drug-likeness (QED) is 0.254. The van der Waals surface area contributed by atoms with Gasteiger partial charge < -0.3 is 5.32 Å². The number of nitro groups is 1. The average molecular weight is 446 g/mol. The van der Waals surface area contributed by atoms with Gasteiger partial charge in [0.05, 0.1) is 16.8 Å². The number of para-hydroxylation sites is 1. The largest absolute Gasteiger partial charge is 0.324 e. The fourth-order valence-corrected chi connectivity index (χ4v) is 3.80. The van der Waals surface area contributed by atoms with Crippen molar-refractivity contribution < 1.29 is 10.1 Å². The normalized spacial score (nSPS) is 10.9. The molecule has 2 aromatic carbocycles. The molecule has 3 rings (SSSR count). The SMILES string of the molecule is Cc1cc([N+](=O)[O-])ccc1Nc1ncc(Cl)c(N(O)c2ccccc2SC(C)C)n1. The molecule has 0 aliphatic rings. The summed E-state index contributed by atoms with van der Waals surface area (Å²) in [5.74, 6) is 0.310. The lowest BCUT2D eigenvalue weighted by molar-refractivity contribution is -0.384. The van der Waals surface area contributed by atoms with Crippen LogP contribution in [0.25, 0.3) is 0 Å². The van der Waals surface area contributed by atoms with E-state index in [0.29, 0.717) is 22.2 Å². The third kappa shape index (κ3) is 4.99. The van der Waals surface area contributed by atoms with Crippen molar-refractivity contribution in [2.75, 3.05) is 10.4 Å². The first-order valence-corrected chi connectivity index (χ1v) is 10.3. The molecule has 0 aliphatic heterocycles. The van der Waals surface area contributed by atoms with Gasteiger partial charge in [0.1, 0.15) is 5.02 Å². The molecule has 1 aromatic heterocycles. The number of benzene rings is 2. The summed E-state index contributed by atoms with van der Waals surface area (Å²) < 4.78 is 0. The van der Waals surface area contributed by atoms with E-state index in [2.05, 4.69) is 29.1 Å². The highest BCUT2D eigenvalue weighted by Crippen LogP contribution is 2.37. The maximum Gasteiger partial charge on any atom is 0.269 e. The van der Waals surface area contributed by atoms with Crippen molar-refractivity contribution in [2.24, 2.45) is 0 Å². The number of non-ortho nitro benzene ring substituents is 1. The van der Waals surface area contributed by atoms with Crippen molar-refractivity contribution in [2.45, 2.75) is 30.9 Å². The van der Waals surface area contributed by atoms with Crippen LogP contribution in [0.3, 0.4) is 0 Å². The molecule has 10 heteroatoms. The van der Waals surface area contributed by atoms with Crippen LogP contribution in [0.2, 0.25) is 5.02 Å². The van der Waals surface area contributed by atoms with Crippen molar-refractivity contribution >= 4 is 52.2 Å². The molecule has 0 saturated carbocycles. The van der Waals surface area contributed by atoms with Crippen molar-refractivity contribution in [1.82, 2.24) is 9.97 Å². The zero-order valence-electron chi connectivity index (χ0n) is 16.5. The fourth-order valence-electron chi connectivity index (χ4n) is 2.69. The highest BCUT2D eigenvalue weighted by molar-refractivity contribution is 8.00. The number of nitro benzene ring substituents is 1. The fraction of sp³-hybridized carbons (Fsp3) is 0.200. The minimum absolute atomic E-state index is 0.00319. The van der Waals surface area contributed by atoms with Crippen LogP contribution in [0.15, 0.2) is 53.6 Å². The Morgan fingerprint density at radius 3 is 2.67 bits per heavy atom. The molecule has 8 nitrogen and oxygen atoms in total. The highest BCUT2D eigenvalue weighted by Gasteiger charge is 2.18. The van der Waals surface area contributed by atoms with Gasteiger partial charge in [-0.1, -0.05) is 37.6 Å². The number of halogens is 1. The third-order valence-corrected chi connectivity index (χ3v) is 5.39. The van der Waals surface area contributed by atoms with Gasteiger partial charge in [-0.25, -0.2) is 10.0 Å². The average Bonchev–Trinajstić information content (AvgIpc) is 2.70. The lowest BCUT2D eigenvalue weighted by Gasteiger charge is -2.21. The zero-order valence-corrected chi connectivity index (χ0v) is 18.1. The summed E-state index contributed by atoms with van der Waals surface area (Å²) in [6, 6.07) is 11.8. The van der Waals surface area contributed by atoms with Gasteiger partial charge in [-0.05, 0) is 30.7 Å². The van der Waals surface area contributed by atoms with Crippen LogP contribution in [-0.4, -0.2) is 25.3 Å². The second-order valence-electron chi connectivity index (χ2n) is 6.69. The van der Waals surface area contributed by atoms with Crippen LogP contribution in [-0.2, 0) is 0 Å². The summed E-state index contributed by atoms with van der Waals surface area (Å²) in [5, 5.41) is 26.2. The molecule has 30 heavy (non-hydrogen) atoms. The Kier molecular flexibility index (Phi) is 6.76. The number of thioether (sulfide) groups is 1. The van der Waals surface area contributed by atoms with Crippen molar-refractivity contribution in [1.29, 1.82) is 0 Å². The number of nitrogens with one attached hydrogen (secondary N) is 1. The summed E-state index contributed by atoms with van der Waals surface area (Å²) in [5.41, 5.74) is 1.81. The Labute approximate surface area is 183 Å². The lowest BCUT2D eigenvalue weighted by Crippen LogP contribution is -2.15. The number of hydrogen-bond acceptors (Lipinski definition) is 8. The molecular formula is C20H20ClN5O3S. The lowest BCUT2D eigenvalue weighted by atomic mass is 10.2. The Morgan fingerprint density at radius 2 is 2.00 bits per heavy atom. The Balaban J connectivity index is 1.92. The van der Waals surface area contributed by atoms with Crippen molar-refractivity contribution in [3.63, 3.8) is 0 Å². The Morgan fingerprint density at radius 1 is 1.27 bits per heavy atom. The summed E-state index contributed by atoms with van der Waals surface area (Å²) in [6.07, 6.45) is 1.38. The van der Waals surface area contributed by atoms with Gasteiger partial charge in [0.25, 0.3) is 5.69 Å². The van der Waals surface area contributed by atoms with E-state index in [1.54, 1.807) is 30.8 Å². The molecule has 0 radical (unpaired) electrons. The van der Waals surface area contributed by atoms with E-state index >= 15 is 0 Å². The van der Waals surface area contributed by atoms with E-state index in [1.165, 1.54) is 18.3 Å². The van der Waals surface area contributed by atoms with Gasteiger partial charge in [-0.3, -0.25) is 15.3 Å². The second kappa shape index (κ2) is 9.29. The molecule has 0 bridgehead atoms. The smallest absolute Gasteiger partial charge is 0.269 e. The molecule has 0 fully saturated rings. The standard InChI is InChI=1S/C20H20ClN5O3S/c1-12(2)30-18-7-5-4-6-17(18)25(27)19-15(21)11-22-20(24-19)23-16-9-8-14(26(28)29)10-13(16)3/h4-12,27H,1-3H3,(H,22,23,24). The molecule has 0 amide bonds. The van der Waals surface area contributed by atoms with E-state index in [1.807, 2.05) is 18.2 Å². The number of aromatic nitrogens is 2. The van der Waals surface area contributed by atoms with Crippen LogP contribution in [0.5, 0.6) is 0 Å². The maximum absolute atomic E-state index is 10.9. The molecule has 156 valence electrons. The first kappa shape index (κ1) is 21.8. The van der Waals surface area contributed by atoms with Gasteiger partial charge in [-0.2, -0.15) is 4.98 Å². The summed E-state index contributed by atoms with van der Waals surface area (Å²) in [6.45, 7) is 5.87. The first-order chi connectivity index (χ1) is 14.3. The molecule has 0 aliphatic carbocycles. The van der Waals surface area contributed by atoms with Crippen molar-refractivity contribution in [3.8, 4) is 0 Å². The molecule has 3 aromatic rings. The molecule has 0 unspecified atom stereocenters. The molecule has 0 atom stereocenters. The van der Waals surface area contributed by atoms with Crippen LogP contribution >= 0.6 is 23.4 Å². The van der Waals surface area contributed by atoms with E-state index < -0.39 is 4.92 Å². The number of hydrogen-bond donors (Lipinski definition) is 2. The monoisotopic (exact) mass is 445 g/mol. The second-order valence-corrected chi connectivity index (χ2v) is 8.72. The van der Waals surface area contributed by atoms with Gasteiger partial charge in [0, 0.05) is 28.0 Å². The minimum atomic E-state index is -0.454. The van der Waals surface area contributed by atoms with Crippen LogP contribution in [0.4, 0.5) is 28.8 Å². The number of nitrogens with zero attached hydrogens (tertiary/aromatic N) is 4. The highest BCUT2D eigenvalue weighted by atomic mass is 35.5. The van der Waals surface area contributed by atoms with Crippen molar-refractivity contribution in [3.05, 3.63) is 69.4 Å². The van der Waals surface area contributed by atoms with Crippen LogP contribution < -0.4 is 10.4 Å². The zero-order chi connectivity index (χ0) is 21.8. The number of anilines is 4. The molecule has 1 heterocycles. The number of rotatable bonds is 7. The first-order valence-electron chi connectivity index (χ1n) is 9.05. The van der Waals surface area contributed by atoms with E-state index in [0.717, 1.165) is 9.96 Å². The minimum Gasteiger partial charge on any atom is -0.324 e. The maximum atomic E-state index is 10.9. The Hall–Kier alpha value is -2.88. The Bertz CT molecular complexity index is 1080. The van der Waals surface area contributed by atoms with Gasteiger partial charge in [0.15, 0.2) is 5.82 Å².